The highest BCUT2D eigenvalue weighted by atomic mass is 16.3. The van der Waals surface area contributed by atoms with Gasteiger partial charge in [0.25, 0.3) is 0 Å². The number of benzene rings is 1. The number of hydrogen-bond donors (Lipinski definition) is 3. The maximum Gasteiger partial charge on any atom is 0.240 e. The monoisotopic (exact) mass is 334 g/mol. The molecule has 0 aliphatic heterocycles. The van der Waals surface area contributed by atoms with Crippen LogP contribution in [0.5, 0.6) is 11.5 Å². The number of unbranched alkanes of at least 4 members (excludes halogenated alkanes) is 8. The third-order valence-electron chi connectivity index (χ3n) is 3.91. The third kappa shape index (κ3) is 9.18. The molecule has 0 bridgehead atoms. The van der Waals surface area contributed by atoms with Gasteiger partial charge in [0.2, 0.25) is 5.91 Å². The van der Waals surface area contributed by atoms with Gasteiger partial charge in [0.05, 0.1) is 6.21 Å². The molecule has 0 saturated heterocycles. The van der Waals surface area contributed by atoms with Crippen LogP contribution in [0, 0.1) is 0 Å². The van der Waals surface area contributed by atoms with Gasteiger partial charge >= 0.3 is 0 Å². The van der Waals surface area contributed by atoms with E-state index < -0.39 is 0 Å². The Morgan fingerprint density at radius 2 is 1.67 bits per heavy atom. The average Bonchev–Trinajstić information content (AvgIpc) is 2.55. The van der Waals surface area contributed by atoms with Crippen LogP contribution in [0.1, 0.15) is 76.7 Å². The summed E-state index contributed by atoms with van der Waals surface area (Å²) in [5.74, 6) is -0.210. The van der Waals surface area contributed by atoms with Gasteiger partial charge in [-0.2, -0.15) is 5.10 Å². The number of hydrogen-bond acceptors (Lipinski definition) is 4. The van der Waals surface area contributed by atoms with Gasteiger partial charge in [0, 0.05) is 18.1 Å². The lowest BCUT2D eigenvalue weighted by molar-refractivity contribution is -0.121. The number of nitrogens with one attached hydrogen (secondary N) is 1. The van der Waals surface area contributed by atoms with Gasteiger partial charge < -0.3 is 10.2 Å². The minimum atomic E-state index is -0.118. The zero-order valence-corrected chi connectivity index (χ0v) is 14.6. The predicted molar refractivity (Wildman–Crippen MR) is 97.4 cm³/mol. The minimum absolute atomic E-state index is 0.0148. The van der Waals surface area contributed by atoms with Crippen LogP contribution in [-0.2, 0) is 4.79 Å². The Hall–Kier alpha value is -2.04. The van der Waals surface area contributed by atoms with Gasteiger partial charge in [0.1, 0.15) is 11.5 Å². The van der Waals surface area contributed by atoms with Gasteiger partial charge in [0.15, 0.2) is 0 Å². The number of aromatic hydroxyl groups is 2. The highest BCUT2D eigenvalue weighted by Crippen LogP contribution is 2.20. The van der Waals surface area contributed by atoms with Crippen molar-refractivity contribution in [2.75, 3.05) is 0 Å². The van der Waals surface area contributed by atoms with Crippen LogP contribution in [0.15, 0.2) is 23.3 Å². The number of amides is 1. The van der Waals surface area contributed by atoms with Crippen LogP contribution in [-0.4, -0.2) is 22.3 Å². The lowest BCUT2D eigenvalue weighted by atomic mass is 10.1. The molecule has 1 aromatic carbocycles. The van der Waals surface area contributed by atoms with Crippen molar-refractivity contribution in [1.82, 2.24) is 5.43 Å². The Morgan fingerprint density at radius 3 is 2.29 bits per heavy atom. The molecule has 3 N–H and O–H groups in total. The van der Waals surface area contributed by atoms with E-state index in [1.165, 1.54) is 69.4 Å². The molecule has 1 amide bonds. The Bertz CT molecular complexity index is 515. The summed E-state index contributed by atoms with van der Waals surface area (Å²) >= 11 is 0. The average molecular weight is 334 g/mol. The number of phenols is 2. The van der Waals surface area contributed by atoms with Crippen molar-refractivity contribution in [3.05, 3.63) is 23.8 Å². The first-order valence-corrected chi connectivity index (χ1v) is 8.97. The Balaban J connectivity index is 2.07. The van der Waals surface area contributed by atoms with Crippen molar-refractivity contribution in [3.8, 4) is 11.5 Å². The molecule has 1 aromatic rings. The van der Waals surface area contributed by atoms with E-state index in [1.807, 2.05) is 0 Å². The van der Waals surface area contributed by atoms with E-state index in [0.717, 1.165) is 12.8 Å². The molecule has 134 valence electrons. The zero-order valence-electron chi connectivity index (χ0n) is 14.6. The van der Waals surface area contributed by atoms with E-state index in [4.69, 9.17) is 0 Å². The third-order valence-corrected chi connectivity index (χ3v) is 3.91. The first kappa shape index (κ1) is 20.0. The molecule has 5 heteroatoms. The summed E-state index contributed by atoms with van der Waals surface area (Å²) in [5, 5.41) is 22.6. The van der Waals surface area contributed by atoms with Crippen molar-refractivity contribution in [3.63, 3.8) is 0 Å². The number of nitrogens with zero attached hydrogens (tertiary/aromatic N) is 1. The fourth-order valence-corrected chi connectivity index (χ4v) is 2.47. The molecular weight excluding hydrogens is 304 g/mol. The van der Waals surface area contributed by atoms with E-state index >= 15 is 0 Å². The maximum atomic E-state index is 11.7. The summed E-state index contributed by atoms with van der Waals surface area (Å²) in [4.78, 5) is 11.7. The fraction of sp³-hybridized carbons (Fsp3) is 0.579. The second-order valence-electron chi connectivity index (χ2n) is 6.11. The van der Waals surface area contributed by atoms with Crippen LogP contribution < -0.4 is 5.43 Å². The standard InChI is InChI=1S/C19H30N2O3/c1-2-3-4-5-6-7-8-9-10-11-19(24)21-20-15-16-12-13-17(22)14-18(16)23/h12-15,22-23H,2-11H2,1H3,(H,21,24). The fourth-order valence-electron chi connectivity index (χ4n) is 2.47. The van der Waals surface area contributed by atoms with E-state index in [1.54, 1.807) is 0 Å². The molecule has 1 rings (SSSR count). The van der Waals surface area contributed by atoms with Crippen LogP contribution in [0.25, 0.3) is 0 Å². The smallest absolute Gasteiger partial charge is 0.240 e. The molecule has 24 heavy (non-hydrogen) atoms. The number of phenolic OH excluding ortho intramolecular Hbond substituents is 2. The lowest BCUT2D eigenvalue weighted by Gasteiger charge is -2.02. The summed E-state index contributed by atoms with van der Waals surface area (Å²) in [6, 6.07) is 4.21. The van der Waals surface area contributed by atoms with Crippen molar-refractivity contribution in [2.24, 2.45) is 5.10 Å². The van der Waals surface area contributed by atoms with Gasteiger partial charge in [-0.05, 0) is 18.6 Å². The second-order valence-corrected chi connectivity index (χ2v) is 6.11. The predicted octanol–water partition coefficient (Wildman–Crippen LogP) is 4.47. The number of carbonyl (C=O) groups is 1. The van der Waals surface area contributed by atoms with Crippen LogP contribution in [0.3, 0.4) is 0 Å². The van der Waals surface area contributed by atoms with Gasteiger partial charge in [-0.15, -0.1) is 0 Å². The van der Waals surface area contributed by atoms with Gasteiger partial charge in [-0.3, -0.25) is 4.79 Å². The lowest BCUT2D eigenvalue weighted by Crippen LogP contribution is -2.16. The number of hydrazone groups is 1. The summed E-state index contributed by atoms with van der Waals surface area (Å²) in [6.45, 7) is 2.22. The first-order chi connectivity index (χ1) is 11.6. The Labute approximate surface area is 144 Å². The SMILES string of the molecule is CCCCCCCCCCCC(=O)NN=Cc1ccc(O)cc1O. The van der Waals surface area contributed by atoms with Crippen molar-refractivity contribution in [1.29, 1.82) is 0 Å². The zero-order chi connectivity index (χ0) is 17.6. The molecule has 0 atom stereocenters. The van der Waals surface area contributed by atoms with Crippen LogP contribution in [0.2, 0.25) is 0 Å². The molecule has 0 fully saturated rings. The molecule has 0 aliphatic rings. The molecular formula is C19H30N2O3. The minimum Gasteiger partial charge on any atom is -0.508 e. The molecule has 0 unspecified atom stereocenters. The summed E-state index contributed by atoms with van der Waals surface area (Å²) < 4.78 is 0. The van der Waals surface area contributed by atoms with E-state index in [-0.39, 0.29) is 17.4 Å². The topological polar surface area (TPSA) is 81.9 Å². The number of carbonyl (C=O) groups excluding carboxylic acids is 1. The Morgan fingerprint density at radius 1 is 1.04 bits per heavy atom. The van der Waals surface area contributed by atoms with Crippen molar-refractivity contribution < 1.29 is 15.0 Å². The highest BCUT2D eigenvalue weighted by molar-refractivity contribution is 5.85. The van der Waals surface area contributed by atoms with Crippen molar-refractivity contribution >= 4 is 12.1 Å². The first-order valence-electron chi connectivity index (χ1n) is 8.97. The van der Waals surface area contributed by atoms with E-state index in [0.29, 0.717) is 12.0 Å². The van der Waals surface area contributed by atoms with Crippen molar-refractivity contribution in [2.45, 2.75) is 71.1 Å². The quantitative estimate of drug-likeness (QED) is 0.300. The molecule has 0 aliphatic carbocycles. The molecule has 0 radical (unpaired) electrons. The second kappa shape index (κ2) is 12.4. The largest absolute Gasteiger partial charge is 0.508 e. The summed E-state index contributed by atoms with van der Waals surface area (Å²) in [5.41, 5.74) is 2.90. The van der Waals surface area contributed by atoms with Crippen LogP contribution >= 0.6 is 0 Å². The Kier molecular flexibility index (Phi) is 10.3. The molecule has 0 saturated carbocycles. The van der Waals surface area contributed by atoms with Gasteiger partial charge in [-0.1, -0.05) is 58.3 Å². The summed E-state index contributed by atoms with van der Waals surface area (Å²) in [7, 11) is 0. The van der Waals surface area contributed by atoms with Gasteiger partial charge in [-0.25, -0.2) is 5.43 Å². The van der Waals surface area contributed by atoms with Crippen LogP contribution in [0.4, 0.5) is 0 Å². The number of rotatable bonds is 12. The van der Waals surface area contributed by atoms with E-state index in [2.05, 4.69) is 17.5 Å². The highest BCUT2D eigenvalue weighted by Gasteiger charge is 2.01. The van der Waals surface area contributed by atoms with E-state index in [9.17, 15) is 15.0 Å². The maximum absolute atomic E-state index is 11.7. The summed E-state index contributed by atoms with van der Waals surface area (Å²) in [6.07, 6.45) is 12.8. The normalized spacial score (nSPS) is 11.0. The molecule has 5 nitrogen and oxygen atoms in total. The molecule has 0 heterocycles. The molecule has 0 aromatic heterocycles. The molecule has 0 spiro atoms.